The molecule has 0 fully saturated rings. The second-order valence-electron chi connectivity index (χ2n) is 10.1. The van der Waals surface area contributed by atoms with Crippen molar-refractivity contribution in [2.24, 2.45) is 0 Å². The molecule has 38 heavy (non-hydrogen) atoms. The number of unbranched alkanes of at least 4 members (excludes halogenated alkanes) is 8. The first-order valence-electron chi connectivity index (χ1n) is 14.6. The van der Waals surface area contributed by atoms with E-state index in [2.05, 4.69) is 24.5 Å². The van der Waals surface area contributed by atoms with Crippen LogP contribution in [0.25, 0.3) is 0 Å². The summed E-state index contributed by atoms with van der Waals surface area (Å²) in [5, 5.41) is 5.51. The van der Waals surface area contributed by atoms with Crippen molar-refractivity contribution in [2.75, 3.05) is 17.2 Å². The molecule has 1 atom stereocenters. The van der Waals surface area contributed by atoms with Crippen molar-refractivity contribution in [2.45, 2.75) is 110 Å². The Labute approximate surface area is 229 Å². The number of carbonyl (C=O) groups is 2. The maximum absolute atomic E-state index is 12.2. The van der Waals surface area contributed by atoms with Crippen molar-refractivity contribution >= 4 is 23.6 Å². The summed E-state index contributed by atoms with van der Waals surface area (Å²) in [6.45, 7) is 6.38. The number of amides is 2. The van der Waals surface area contributed by atoms with Crippen LogP contribution in [0.3, 0.4) is 0 Å². The molecule has 0 aliphatic rings. The van der Waals surface area contributed by atoms with E-state index >= 15 is 0 Å². The first-order valence-corrected chi connectivity index (χ1v) is 14.6. The molecule has 0 heterocycles. The molecule has 2 N–H and O–H groups in total. The molecule has 0 bridgehead atoms. The Balaban J connectivity index is 1.58. The zero-order chi connectivity index (χ0) is 27.4. The minimum atomic E-state index is -0.514. The first-order chi connectivity index (χ1) is 18.5. The summed E-state index contributed by atoms with van der Waals surface area (Å²) >= 11 is 0. The minimum Gasteiger partial charge on any atom is -0.449 e. The molecular formula is C32H48N2O4. The van der Waals surface area contributed by atoms with Crippen LogP contribution < -0.4 is 10.6 Å². The van der Waals surface area contributed by atoms with Crippen LogP contribution in [-0.4, -0.2) is 24.9 Å². The molecule has 0 saturated heterocycles. The number of carbonyl (C=O) groups excluding carboxylic acids is 2. The van der Waals surface area contributed by atoms with Crippen LogP contribution in [0.15, 0.2) is 48.5 Å². The molecular weight excluding hydrogens is 476 g/mol. The zero-order valence-electron chi connectivity index (χ0n) is 23.7. The van der Waals surface area contributed by atoms with Crippen molar-refractivity contribution in [3.05, 3.63) is 59.7 Å². The van der Waals surface area contributed by atoms with Crippen molar-refractivity contribution in [1.29, 1.82) is 0 Å². The molecule has 6 nitrogen and oxygen atoms in total. The Bertz CT molecular complexity index is 912. The van der Waals surface area contributed by atoms with Gasteiger partial charge in [-0.3, -0.25) is 10.6 Å². The Hall–Kier alpha value is -3.02. The van der Waals surface area contributed by atoms with E-state index in [-0.39, 0.29) is 12.7 Å². The van der Waals surface area contributed by atoms with Gasteiger partial charge >= 0.3 is 12.2 Å². The van der Waals surface area contributed by atoms with Crippen LogP contribution in [0.2, 0.25) is 0 Å². The molecule has 0 saturated carbocycles. The van der Waals surface area contributed by atoms with Gasteiger partial charge in [0.25, 0.3) is 0 Å². The van der Waals surface area contributed by atoms with Crippen molar-refractivity contribution < 1.29 is 19.1 Å². The van der Waals surface area contributed by atoms with Gasteiger partial charge < -0.3 is 9.47 Å². The highest BCUT2D eigenvalue weighted by Crippen LogP contribution is 2.15. The monoisotopic (exact) mass is 524 g/mol. The third-order valence-corrected chi connectivity index (χ3v) is 6.60. The number of ether oxygens (including phenoxy) is 2. The fourth-order valence-corrected chi connectivity index (χ4v) is 4.24. The lowest BCUT2D eigenvalue weighted by molar-refractivity contribution is 0.0943. The fourth-order valence-electron chi connectivity index (χ4n) is 4.24. The molecule has 1 unspecified atom stereocenters. The summed E-state index contributed by atoms with van der Waals surface area (Å²) in [5.74, 6) is 0. The van der Waals surface area contributed by atoms with Gasteiger partial charge in [-0.25, -0.2) is 9.59 Å². The molecule has 2 aromatic carbocycles. The van der Waals surface area contributed by atoms with Crippen molar-refractivity contribution in [3.8, 4) is 0 Å². The normalized spacial score (nSPS) is 11.6. The van der Waals surface area contributed by atoms with Crippen LogP contribution in [-0.2, 0) is 22.3 Å². The molecule has 0 aliphatic carbocycles. The number of rotatable bonds is 18. The van der Waals surface area contributed by atoms with Gasteiger partial charge in [-0.2, -0.15) is 0 Å². The van der Waals surface area contributed by atoms with E-state index in [4.69, 9.17) is 9.47 Å². The van der Waals surface area contributed by atoms with E-state index in [0.717, 1.165) is 12.8 Å². The maximum atomic E-state index is 12.2. The predicted octanol–water partition coefficient (Wildman–Crippen LogP) is 9.29. The number of anilines is 2. The predicted molar refractivity (Wildman–Crippen MR) is 157 cm³/mol. The molecule has 6 heteroatoms. The highest BCUT2D eigenvalue weighted by molar-refractivity contribution is 5.85. The molecule has 0 aromatic heterocycles. The number of hydrogen-bond acceptors (Lipinski definition) is 4. The van der Waals surface area contributed by atoms with Gasteiger partial charge in [0.15, 0.2) is 0 Å². The summed E-state index contributed by atoms with van der Waals surface area (Å²) < 4.78 is 10.6. The number of nitrogens with one attached hydrogen (secondary N) is 2. The highest BCUT2D eigenvalue weighted by Gasteiger charge is 2.11. The summed E-state index contributed by atoms with van der Waals surface area (Å²) in [7, 11) is 0. The molecule has 0 radical (unpaired) electrons. The Morgan fingerprint density at radius 1 is 0.658 bits per heavy atom. The van der Waals surface area contributed by atoms with E-state index in [9.17, 15) is 9.59 Å². The van der Waals surface area contributed by atoms with Gasteiger partial charge in [0.2, 0.25) is 0 Å². The lowest BCUT2D eigenvalue weighted by atomic mass is 10.1. The number of benzene rings is 2. The average molecular weight is 525 g/mol. The first kappa shape index (κ1) is 31.2. The molecule has 0 spiro atoms. The van der Waals surface area contributed by atoms with E-state index in [0.29, 0.717) is 17.8 Å². The van der Waals surface area contributed by atoms with Gasteiger partial charge in [-0.05, 0) is 68.0 Å². The third kappa shape index (κ3) is 14.1. The second-order valence-corrected chi connectivity index (χ2v) is 10.1. The molecule has 2 aromatic rings. The van der Waals surface area contributed by atoms with Crippen LogP contribution in [0, 0.1) is 0 Å². The number of aryl methyl sites for hydroxylation is 2. The zero-order valence-corrected chi connectivity index (χ0v) is 23.7. The van der Waals surface area contributed by atoms with Crippen molar-refractivity contribution in [1.82, 2.24) is 0 Å². The summed E-state index contributed by atoms with van der Waals surface area (Å²) in [6.07, 6.45) is 13.7. The summed E-state index contributed by atoms with van der Waals surface area (Å²) in [4.78, 5) is 24.3. The van der Waals surface area contributed by atoms with Crippen LogP contribution in [0.5, 0.6) is 0 Å². The molecule has 2 amide bonds. The van der Waals surface area contributed by atoms with E-state index in [1.165, 1.54) is 75.3 Å². The third-order valence-electron chi connectivity index (χ3n) is 6.60. The summed E-state index contributed by atoms with van der Waals surface area (Å²) in [6, 6.07) is 15.8. The quantitative estimate of drug-likeness (QED) is 0.190. The molecule has 2 rings (SSSR count). The van der Waals surface area contributed by atoms with Crippen LogP contribution in [0.4, 0.5) is 21.0 Å². The van der Waals surface area contributed by atoms with Gasteiger partial charge in [0, 0.05) is 17.8 Å². The Kier molecular flexibility index (Phi) is 15.7. The highest BCUT2D eigenvalue weighted by atomic mass is 16.6. The second kappa shape index (κ2) is 19.1. The van der Waals surface area contributed by atoms with Crippen LogP contribution in [0.1, 0.15) is 103 Å². The lowest BCUT2D eigenvalue weighted by Gasteiger charge is -2.14. The van der Waals surface area contributed by atoms with Crippen LogP contribution >= 0.6 is 0 Å². The van der Waals surface area contributed by atoms with Gasteiger partial charge in [-0.1, -0.05) is 89.5 Å². The smallest absolute Gasteiger partial charge is 0.411 e. The van der Waals surface area contributed by atoms with E-state index in [1.807, 2.05) is 48.5 Å². The Morgan fingerprint density at radius 3 is 1.58 bits per heavy atom. The summed E-state index contributed by atoms with van der Waals surface area (Å²) in [5.41, 5.74) is 3.96. The topological polar surface area (TPSA) is 76.7 Å². The van der Waals surface area contributed by atoms with Gasteiger partial charge in [0.1, 0.15) is 6.10 Å². The number of hydrogen-bond donors (Lipinski definition) is 2. The molecule has 210 valence electrons. The van der Waals surface area contributed by atoms with Gasteiger partial charge in [0.05, 0.1) is 6.61 Å². The molecule has 0 aliphatic heterocycles. The minimum absolute atomic E-state index is 0.156. The average Bonchev–Trinajstić information content (AvgIpc) is 2.90. The van der Waals surface area contributed by atoms with E-state index < -0.39 is 12.2 Å². The fraction of sp³-hybridized carbons (Fsp3) is 0.562. The van der Waals surface area contributed by atoms with E-state index in [1.54, 1.807) is 6.92 Å². The maximum Gasteiger partial charge on any atom is 0.411 e. The largest absolute Gasteiger partial charge is 0.449 e. The SMILES string of the molecule is CCCCCCCc1ccc(NC(=O)OCCC(C)OC(=O)Nc2ccc(CCCCCCC)cc2)cc1. The Morgan fingerprint density at radius 2 is 1.11 bits per heavy atom. The van der Waals surface area contributed by atoms with Crippen molar-refractivity contribution in [3.63, 3.8) is 0 Å². The standard InChI is InChI=1S/C32H48N2O4/c1-4-6-8-10-12-14-27-16-20-29(21-17-27)33-31(35)37-25-24-26(3)38-32(36)34-30-22-18-28(19-23-30)15-13-11-9-7-5-2/h16-23,26H,4-15,24-25H2,1-3H3,(H,33,35)(H,34,36). The van der Waals surface area contributed by atoms with Gasteiger partial charge in [-0.15, -0.1) is 0 Å². The lowest BCUT2D eigenvalue weighted by Crippen LogP contribution is -2.22.